The highest BCUT2D eigenvalue weighted by molar-refractivity contribution is 5.92. The smallest absolute Gasteiger partial charge is 0.334 e. The van der Waals surface area contributed by atoms with Gasteiger partial charge in [-0.25, -0.2) is 4.79 Å². The first-order chi connectivity index (χ1) is 11.7. The van der Waals surface area contributed by atoms with Crippen LogP contribution in [0.15, 0.2) is 40.8 Å². The Kier molecular flexibility index (Phi) is 5.64. The molecule has 0 fully saturated rings. The lowest BCUT2D eigenvalue weighted by atomic mass is 9.86. The fraction of sp³-hybridized carbons (Fsp3) is 0.368. The van der Waals surface area contributed by atoms with Crippen LogP contribution in [0.2, 0.25) is 0 Å². The number of furan rings is 1. The summed E-state index contributed by atoms with van der Waals surface area (Å²) in [6, 6.07) is 11.2. The Morgan fingerprint density at radius 3 is 2.32 bits per heavy atom. The second-order valence-corrected chi connectivity index (χ2v) is 6.76. The van der Waals surface area contributed by atoms with Crippen molar-refractivity contribution in [1.29, 1.82) is 0 Å². The predicted molar refractivity (Wildman–Crippen MR) is 93.6 cm³/mol. The van der Waals surface area contributed by atoms with Crippen molar-refractivity contribution in [1.82, 2.24) is 5.32 Å². The highest BCUT2D eigenvalue weighted by Gasteiger charge is 2.19. The molecule has 2 rings (SSSR count). The fourth-order valence-corrected chi connectivity index (χ4v) is 2.29. The monoisotopic (exact) mass is 345 g/mol. The lowest BCUT2D eigenvalue weighted by Gasteiger charge is -2.18. The summed E-state index contributed by atoms with van der Waals surface area (Å²) in [6.45, 7) is 6.28. The highest BCUT2D eigenvalue weighted by Crippen LogP contribution is 2.27. The Morgan fingerprint density at radius 1 is 1.16 bits per heavy atom. The van der Waals surface area contributed by atoms with Gasteiger partial charge in [-0.05, 0) is 23.1 Å². The molecule has 25 heavy (non-hydrogen) atoms. The fourth-order valence-electron chi connectivity index (χ4n) is 2.29. The molecule has 1 amide bonds. The summed E-state index contributed by atoms with van der Waals surface area (Å²) >= 11 is 0. The van der Waals surface area contributed by atoms with E-state index in [-0.39, 0.29) is 17.7 Å². The van der Waals surface area contributed by atoms with Crippen LogP contribution in [0.25, 0.3) is 11.3 Å². The van der Waals surface area contributed by atoms with Crippen molar-refractivity contribution in [2.75, 3.05) is 13.7 Å². The third-order valence-corrected chi connectivity index (χ3v) is 3.87. The molecule has 6 heteroatoms. The average Bonchev–Trinajstić information content (AvgIpc) is 3.04. The van der Waals surface area contributed by atoms with Gasteiger partial charge in [-0.15, -0.1) is 0 Å². The largest absolute Gasteiger partial charge is 0.479 e. The normalized spacial score (nSPS) is 12.6. The number of carbonyl (C=O) groups excluding carboxylic acids is 1. The van der Waals surface area contributed by atoms with Crippen molar-refractivity contribution in [3.8, 4) is 11.3 Å². The molecule has 2 N–H and O–H groups in total. The molecule has 1 atom stereocenters. The van der Waals surface area contributed by atoms with E-state index in [1.807, 2.05) is 24.3 Å². The van der Waals surface area contributed by atoms with Gasteiger partial charge in [0.05, 0.1) is 6.54 Å². The van der Waals surface area contributed by atoms with E-state index in [1.54, 1.807) is 12.1 Å². The molecule has 1 aromatic heterocycles. The zero-order valence-electron chi connectivity index (χ0n) is 14.8. The molecular weight excluding hydrogens is 322 g/mol. The summed E-state index contributed by atoms with van der Waals surface area (Å²) in [7, 11) is 1.27. The molecule has 0 aliphatic heterocycles. The molecule has 0 bridgehead atoms. The second-order valence-electron chi connectivity index (χ2n) is 6.76. The summed E-state index contributed by atoms with van der Waals surface area (Å²) in [5.74, 6) is -0.926. The van der Waals surface area contributed by atoms with Gasteiger partial charge in [0, 0.05) is 12.7 Å². The SMILES string of the molecule is COC(CNC(=O)c1ccc(-c2ccc(C(C)(C)C)cc2)o1)C(=O)O. The number of rotatable bonds is 6. The Balaban J connectivity index is 2.06. The summed E-state index contributed by atoms with van der Waals surface area (Å²) in [5.41, 5.74) is 2.14. The lowest BCUT2D eigenvalue weighted by molar-refractivity contribution is -0.148. The van der Waals surface area contributed by atoms with Gasteiger partial charge in [0.2, 0.25) is 0 Å². The molecule has 2 aromatic rings. The van der Waals surface area contributed by atoms with Crippen molar-refractivity contribution < 1.29 is 23.8 Å². The second kappa shape index (κ2) is 7.53. The number of hydrogen-bond donors (Lipinski definition) is 2. The highest BCUT2D eigenvalue weighted by atomic mass is 16.5. The predicted octanol–water partition coefficient (Wildman–Crippen LogP) is 3.07. The Bertz CT molecular complexity index is 740. The number of ether oxygens (including phenoxy) is 1. The number of carboxylic acid groups (broad SMARTS) is 1. The van der Waals surface area contributed by atoms with Gasteiger partial charge in [-0.2, -0.15) is 0 Å². The van der Waals surface area contributed by atoms with Crippen LogP contribution in [0.5, 0.6) is 0 Å². The molecule has 0 saturated carbocycles. The number of carboxylic acids is 1. The first-order valence-electron chi connectivity index (χ1n) is 7.97. The molecule has 6 nitrogen and oxygen atoms in total. The van der Waals surface area contributed by atoms with Crippen LogP contribution in [0, 0.1) is 0 Å². The molecule has 1 aromatic carbocycles. The van der Waals surface area contributed by atoms with E-state index in [0.29, 0.717) is 5.76 Å². The molecule has 0 saturated heterocycles. The maximum Gasteiger partial charge on any atom is 0.334 e. The Hall–Kier alpha value is -2.60. The molecule has 1 unspecified atom stereocenters. The number of hydrogen-bond acceptors (Lipinski definition) is 4. The van der Waals surface area contributed by atoms with Gasteiger partial charge >= 0.3 is 5.97 Å². The van der Waals surface area contributed by atoms with E-state index in [2.05, 4.69) is 26.1 Å². The van der Waals surface area contributed by atoms with Gasteiger partial charge < -0.3 is 19.6 Å². The average molecular weight is 345 g/mol. The minimum Gasteiger partial charge on any atom is -0.479 e. The first kappa shape index (κ1) is 18.7. The van der Waals surface area contributed by atoms with E-state index < -0.39 is 18.0 Å². The third kappa shape index (κ3) is 4.70. The topological polar surface area (TPSA) is 88.8 Å². The Labute approximate surface area is 146 Å². The molecule has 0 aliphatic rings. The number of carbonyl (C=O) groups is 2. The zero-order valence-corrected chi connectivity index (χ0v) is 14.8. The minimum absolute atomic E-state index is 0.0643. The number of benzene rings is 1. The standard InChI is InChI=1S/C19H23NO5/c1-19(2,3)13-7-5-12(6-8-13)14-9-10-15(25-14)17(21)20-11-16(24-4)18(22)23/h5-10,16H,11H2,1-4H3,(H,20,21)(H,22,23). The Morgan fingerprint density at radius 2 is 1.80 bits per heavy atom. The van der Waals surface area contributed by atoms with Crippen molar-refractivity contribution >= 4 is 11.9 Å². The van der Waals surface area contributed by atoms with Crippen LogP contribution in [0.3, 0.4) is 0 Å². The summed E-state index contributed by atoms with van der Waals surface area (Å²) in [5, 5.41) is 11.4. The van der Waals surface area contributed by atoms with E-state index in [1.165, 1.54) is 12.7 Å². The maximum atomic E-state index is 12.1. The molecule has 0 radical (unpaired) electrons. The van der Waals surface area contributed by atoms with Gasteiger partial charge in [0.15, 0.2) is 11.9 Å². The molecule has 0 aliphatic carbocycles. The summed E-state index contributed by atoms with van der Waals surface area (Å²) < 4.78 is 10.3. The van der Waals surface area contributed by atoms with E-state index in [9.17, 15) is 9.59 Å². The molecule has 1 heterocycles. The van der Waals surface area contributed by atoms with Crippen LogP contribution in [0.1, 0.15) is 36.9 Å². The van der Waals surface area contributed by atoms with E-state index in [4.69, 9.17) is 14.3 Å². The number of methoxy groups -OCH3 is 1. The van der Waals surface area contributed by atoms with Crippen LogP contribution < -0.4 is 5.32 Å². The number of aliphatic carboxylic acids is 1. The van der Waals surface area contributed by atoms with Crippen molar-refractivity contribution in [3.05, 3.63) is 47.7 Å². The van der Waals surface area contributed by atoms with Crippen molar-refractivity contribution in [2.45, 2.75) is 32.3 Å². The summed E-state index contributed by atoms with van der Waals surface area (Å²) in [4.78, 5) is 22.9. The quantitative estimate of drug-likeness (QED) is 0.840. The number of nitrogens with one attached hydrogen (secondary N) is 1. The van der Waals surface area contributed by atoms with E-state index >= 15 is 0 Å². The van der Waals surface area contributed by atoms with Crippen LogP contribution in [0.4, 0.5) is 0 Å². The zero-order chi connectivity index (χ0) is 18.6. The molecule has 134 valence electrons. The third-order valence-electron chi connectivity index (χ3n) is 3.87. The van der Waals surface area contributed by atoms with Crippen LogP contribution in [-0.4, -0.2) is 36.7 Å². The first-order valence-corrected chi connectivity index (χ1v) is 7.97. The van der Waals surface area contributed by atoms with Crippen LogP contribution >= 0.6 is 0 Å². The number of amides is 1. The van der Waals surface area contributed by atoms with E-state index in [0.717, 1.165) is 5.56 Å². The minimum atomic E-state index is -1.14. The van der Waals surface area contributed by atoms with Crippen molar-refractivity contribution in [2.24, 2.45) is 0 Å². The molecule has 0 spiro atoms. The van der Waals surface area contributed by atoms with Crippen LogP contribution in [-0.2, 0) is 14.9 Å². The van der Waals surface area contributed by atoms with Crippen molar-refractivity contribution in [3.63, 3.8) is 0 Å². The van der Waals surface area contributed by atoms with Gasteiger partial charge in [0.25, 0.3) is 5.91 Å². The van der Waals surface area contributed by atoms with Gasteiger partial charge in [0.1, 0.15) is 5.76 Å². The van der Waals surface area contributed by atoms with Gasteiger partial charge in [-0.3, -0.25) is 4.79 Å². The summed E-state index contributed by atoms with van der Waals surface area (Å²) in [6.07, 6.45) is -1.09. The molecular formula is C19H23NO5. The maximum absolute atomic E-state index is 12.1. The lowest BCUT2D eigenvalue weighted by Crippen LogP contribution is -2.37. The van der Waals surface area contributed by atoms with Gasteiger partial charge in [-0.1, -0.05) is 45.0 Å².